The van der Waals surface area contributed by atoms with Gasteiger partial charge in [-0.1, -0.05) is 62.4 Å². The quantitative estimate of drug-likeness (QED) is 0.595. The van der Waals surface area contributed by atoms with E-state index in [1.54, 1.807) is 5.56 Å². The molecule has 0 saturated heterocycles. The van der Waals surface area contributed by atoms with Gasteiger partial charge in [0.15, 0.2) is 0 Å². The highest BCUT2D eigenvalue weighted by Gasteiger charge is 2.20. The fourth-order valence-electron chi connectivity index (χ4n) is 3.13. The van der Waals surface area contributed by atoms with Crippen molar-refractivity contribution in [1.82, 2.24) is 0 Å². The van der Waals surface area contributed by atoms with Gasteiger partial charge in [-0.25, -0.2) is 0 Å². The summed E-state index contributed by atoms with van der Waals surface area (Å²) < 4.78 is 0. The Morgan fingerprint density at radius 1 is 1.11 bits per heavy atom. The Balaban J connectivity index is 1.90. The minimum absolute atomic E-state index is 0.772. The Morgan fingerprint density at radius 3 is 2.37 bits per heavy atom. The first-order valence-electron chi connectivity index (χ1n) is 7.71. The molecule has 102 valence electrons. The SMILES string of the molecule is C=CC=CC1CCC(c2ccc(CCC)cc2)CC1. The van der Waals surface area contributed by atoms with E-state index in [1.165, 1.54) is 44.1 Å². The summed E-state index contributed by atoms with van der Waals surface area (Å²) in [5, 5.41) is 0. The smallest absolute Gasteiger partial charge is 0.0162 e. The van der Waals surface area contributed by atoms with Gasteiger partial charge in [0.05, 0.1) is 0 Å². The molecule has 0 bridgehead atoms. The monoisotopic (exact) mass is 254 g/mol. The molecule has 0 N–H and O–H groups in total. The maximum Gasteiger partial charge on any atom is -0.0162 e. The Morgan fingerprint density at radius 2 is 1.79 bits per heavy atom. The van der Waals surface area contributed by atoms with Crippen LogP contribution in [0.4, 0.5) is 0 Å². The van der Waals surface area contributed by atoms with Gasteiger partial charge in [-0.2, -0.15) is 0 Å². The van der Waals surface area contributed by atoms with E-state index in [2.05, 4.69) is 49.9 Å². The predicted octanol–water partition coefficient (Wildman–Crippen LogP) is 5.66. The summed E-state index contributed by atoms with van der Waals surface area (Å²) in [6, 6.07) is 9.36. The zero-order chi connectivity index (χ0) is 13.5. The number of hydrogen-bond acceptors (Lipinski definition) is 0. The van der Waals surface area contributed by atoms with Gasteiger partial charge in [-0.05, 0) is 55.1 Å². The van der Waals surface area contributed by atoms with E-state index in [-0.39, 0.29) is 0 Å². The molecular formula is C19H26. The molecule has 1 aliphatic rings. The first kappa shape index (κ1) is 14.1. The lowest BCUT2D eigenvalue weighted by atomic mass is 9.78. The molecular weight excluding hydrogens is 228 g/mol. The summed E-state index contributed by atoms with van der Waals surface area (Å²) in [7, 11) is 0. The van der Waals surface area contributed by atoms with Crippen molar-refractivity contribution in [2.75, 3.05) is 0 Å². The van der Waals surface area contributed by atoms with Crippen molar-refractivity contribution in [1.29, 1.82) is 0 Å². The highest BCUT2D eigenvalue weighted by Crippen LogP contribution is 2.36. The van der Waals surface area contributed by atoms with Crippen molar-refractivity contribution in [2.24, 2.45) is 5.92 Å². The molecule has 0 aromatic heterocycles. The zero-order valence-electron chi connectivity index (χ0n) is 12.1. The van der Waals surface area contributed by atoms with Gasteiger partial charge >= 0.3 is 0 Å². The lowest BCUT2D eigenvalue weighted by Crippen LogP contribution is -2.11. The number of rotatable bonds is 5. The number of hydrogen-bond donors (Lipinski definition) is 0. The molecule has 0 atom stereocenters. The Kier molecular flexibility index (Phi) is 5.44. The van der Waals surface area contributed by atoms with Gasteiger partial charge in [0.25, 0.3) is 0 Å². The molecule has 0 heterocycles. The molecule has 1 aromatic rings. The first-order valence-corrected chi connectivity index (χ1v) is 7.71. The minimum atomic E-state index is 0.772. The van der Waals surface area contributed by atoms with Crippen LogP contribution in [0.1, 0.15) is 56.1 Å². The van der Waals surface area contributed by atoms with E-state index >= 15 is 0 Å². The molecule has 0 unspecified atom stereocenters. The molecule has 0 nitrogen and oxygen atoms in total. The van der Waals surface area contributed by atoms with Crippen molar-refractivity contribution in [3.8, 4) is 0 Å². The summed E-state index contributed by atoms with van der Waals surface area (Å²) in [5.41, 5.74) is 3.03. The third-order valence-electron chi connectivity index (χ3n) is 4.28. The van der Waals surface area contributed by atoms with Crippen LogP contribution in [-0.4, -0.2) is 0 Å². The number of benzene rings is 1. The fraction of sp³-hybridized carbons (Fsp3) is 0.474. The number of allylic oxidation sites excluding steroid dienone is 3. The van der Waals surface area contributed by atoms with Crippen molar-refractivity contribution in [3.05, 3.63) is 60.2 Å². The third-order valence-corrected chi connectivity index (χ3v) is 4.28. The molecule has 0 amide bonds. The average Bonchev–Trinajstić information content (AvgIpc) is 2.47. The lowest BCUT2D eigenvalue weighted by molar-refractivity contribution is 0.376. The summed E-state index contributed by atoms with van der Waals surface area (Å²) in [6.45, 7) is 5.99. The van der Waals surface area contributed by atoms with E-state index in [0.29, 0.717) is 0 Å². The van der Waals surface area contributed by atoms with Crippen LogP contribution in [0, 0.1) is 5.92 Å². The van der Waals surface area contributed by atoms with E-state index in [1.807, 2.05) is 6.08 Å². The Bertz CT molecular complexity index is 402. The van der Waals surface area contributed by atoms with Gasteiger partial charge in [0, 0.05) is 0 Å². The molecule has 19 heavy (non-hydrogen) atoms. The lowest BCUT2D eigenvalue weighted by Gasteiger charge is -2.27. The van der Waals surface area contributed by atoms with E-state index in [0.717, 1.165) is 11.8 Å². The highest BCUT2D eigenvalue weighted by molar-refractivity contribution is 5.26. The van der Waals surface area contributed by atoms with Gasteiger partial charge < -0.3 is 0 Å². The molecule has 0 spiro atoms. The normalized spacial score (nSPS) is 23.6. The van der Waals surface area contributed by atoms with Crippen LogP contribution in [0.5, 0.6) is 0 Å². The summed E-state index contributed by atoms with van der Waals surface area (Å²) in [5.74, 6) is 1.55. The summed E-state index contributed by atoms with van der Waals surface area (Å²) >= 11 is 0. The van der Waals surface area contributed by atoms with Crippen molar-refractivity contribution < 1.29 is 0 Å². The molecule has 0 aliphatic heterocycles. The van der Waals surface area contributed by atoms with Crippen LogP contribution < -0.4 is 0 Å². The Labute approximate surface area is 118 Å². The molecule has 1 saturated carbocycles. The molecule has 0 heteroatoms. The van der Waals surface area contributed by atoms with Crippen molar-refractivity contribution >= 4 is 0 Å². The minimum Gasteiger partial charge on any atom is -0.0991 e. The summed E-state index contributed by atoms with van der Waals surface area (Å²) in [6.07, 6.45) is 14.1. The predicted molar refractivity (Wildman–Crippen MR) is 84.5 cm³/mol. The van der Waals surface area contributed by atoms with Crippen LogP contribution in [0.25, 0.3) is 0 Å². The molecule has 0 radical (unpaired) electrons. The maximum atomic E-state index is 3.74. The van der Waals surface area contributed by atoms with Crippen LogP contribution in [0.2, 0.25) is 0 Å². The van der Waals surface area contributed by atoms with Gasteiger partial charge in [-0.3, -0.25) is 0 Å². The van der Waals surface area contributed by atoms with Gasteiger partial charge in [0.2, 0.25) is 0 Å². The molecule has 1 fully saturated rings. The fourth-order valence-corrected chi connectivity index (χ4v) is 3.13. The topological polar surface area (TPSA) is 0 Å². The standard InChI is InChI=1S/C19H26/c1-3-5-7-17-10-14-19(15-11-17)18-12-8-16(6-4-2)9-13-18/h3,5,7-9,12-13,17,19H,1,4,6,10-11,14-15H2,2H3. The van der Waals surface area contributed by atoms with Crippen LogP contribution in [0.3, 0.4) is 0 Å². The van der Waals surface area contributed by atoms with E-state index in [9.17, 15) is 0 Å². The second-order valence-corrected chi connectivity index (χ2v) is 5.72. The molecule has 2 rings (SSSR count). The number of aryl methyl sites for hydroxylation is 1. The van der Waals surface area contributed by atoms with Crippen LogP contribution in [0.15, 0.2) is 49.1 Å². The second-order valence-electron chi connectivity index (χ2n) is 5.72. The molecule has 1 aromatic carbocycles. The highest BCUT2D eigenvalue weighted by atomic mass is 14.2. The van der Waals surface area contributed by atoms with E-state index < -0.39 is 0 Å². The third kappa shape index (κ3) is 4.09. The van der Waals surface area contributed by atoms with Gasteiger partial charge in [0.1, 0.15) is 0 Å². The van der Waals surface area contributed by atoms with Crippen LogP contribution >= 0.6 is 0 Å². The summed E-state index contributed by atoms with van der Waals surface area (Å²) in [4.78, 5) is 0. The van der Waals surface area contributed by atoms with E-state index in [4.69, 9.17) is 0 Å². The zero-order valence-corrected chi connectivity index (χ0v) is 12.1. The van der Waals surface area contributed by atoms with Gasteiger partial charge in [-0.15, -0.1) is 0 Å². The maximum absolute atomic E-state index is 3.74. The van der Waals surface area contributed by atoms with Crippen LogP contribution in [-0.2, 0) is 6.42 Å². The van der Waals surface area contributed by atoms with Crippen molar-refractivity contribution in [3.63, 3.8) is 0 Å². The first-order chi connectivity index (χ1) is 9.33. The second kappa shape index (κ2) is 7.33. The average molecular weight is 254 g/mol. The molecule has 1 aliphatic carbocycles. The largest absolute Gasteiger partial charge is 0.0991 e. The Hall–Kier alpha value is -1.30. The van der Waals surface area contributed by atoms with Crippen molar-refractivity contribution in [2.45, 2.75) is 51.4 Å².